The third-order valence-electron chi connectivity index (χ3n) is 3.43. The molecule has 0 saturated carbocycles. The van der Waals surface area contributed by atoms with Crippen molar-refractivity contribution < 1.29 is 14.4 Å². The number of aromatic nitrogens is 1. The van der Waals surface area contributed by atoms with E-state index in [0.29, 0.717) is 19.0 Å². The fraction of sp³-hybridized carbons (Fsp3) is 0.353. The molecule has 1 aromatic carbocycles. The number of nitrogens with zero attached hydrogens (tertiary/aromatic N) is 2. The Hall–Kier alpha value is -2.12. The van der Waals surface area contributed by atoms with E-state index in [4.69, 9.17) is 9.47 Å². The summed E-state index contributed by atoms with van der Waals surface area (Å²) in [6.45, 7) is 3.27. The van der Waals surface area contributed by atoms with Crippen LogP contribution in [0.1, 0.15) is 17.7 Å². The Morgan fingerprint density at radius 3 is 2.62 bits per heavy atom. The van der Waals surface area contributed by atoms with Crippen molar-refractivity contribution in [3.8, 4) is 5.75 Å². The summed E-state index contributed by atoms with van der Waals surface area (Å²) in [7, 11) is 1.67. The highest BCUT2D eigenvalue weighted by molar-refractivity contribution is 7.98. The first-order valence-electron chi connectivity index (χ1n) is 7.55. The van der Waals surface area contributed by atoms with E-state index in [2.05, 4.69) is 4.98 Å². The quantitative estimate of drug-likeness (QED) is 0.295. The van der Waals surface area contributed by atoms with Crippen molar-refractivity contribution in [3.05, 3.63) is 57.9 Å². The lowest BCUT2D eigenvalue weighted by molar-refractivity contribution is -0.384. The summed E-state index contributed by atoms with van der Waals surface area (Å²) in [5, 5.41) is 10.7. The van der Waals surface area contributed by atoms with Crippen molar-refractivity contribution >= 4 is 17.4 Å². The highest BCUT2D eigenvalue weighted by Crippen LogP contribution is 2.28. The van der Waals surface area contributed by atoms with Crippen LogP contribution in [0.3, 0.4) is 0 Å². The van der Waals surface area contributed by atoms with Gasteiger partial charge >= 0.3 is 0 Å². The molecule has 0 atom stereocenters. The van der Waals surface area contributed by atoms with Crippen molar-refractivity contribution in [3.63, 3.8) is 0 Å². The molecule has 24 heavy (non-hydrogen) atoms. The third-order valence-corrected chi connectivity index (χ3v) is 4.46. The Bertz CT molecular complexity index is 677. The molecule has 0 aliphatic carbocycles. The Kier molecular flexibility index (Phi) is 7.02. The number of methoxy groups -OCH3 is 1. The average Bonchev–Trinajstić information content (AvgIpc) is 2.59. The molecule has 0 aliphatic rings. The molecule has 0 bridgehead atoms. The minimum atomic E-state index is -0.398. The van der Waals surface area contributed by atoms with Crippen LogP contribution in [0.4, 0.5) is 5.69 Å². The smallest absolute Gasteiger partial charge is 0.269 e. The number of ether oxygens (including phenoxy) is 2. The van der Waals surface area contributed by atoms with Gasteiger partial charge in [0.1, 0.15) is 5.75 Å². The standard InChI is InChI=1S/C17H20N2O4S/c1-13-16(18-9-8-17(13)23-11-3-10-22-2)12-24-15-6-4-14(5-7-15)19(20)21/h4-9H,3,10-12H2,1-2H3. The van der Waals surface area contributed by atoms with E-state index in [1.165, 1.54) is 12.1 Å². The van der Waals surface area contributed by atoms with Crippen molar-refractivity contribution in [1.82, 2.24) is 4.98 Å². The number of benzene rings is 1. The first-order chi connectivity index (χ1) is 11.6. The molecule has 0 spiro atoms. The van der Waals surface area contributed by atoms with Gasteiger partial charge in [0.05, 0.1) is 17.2 Å². The van der Waals surface area contributed by atoms with Crippen LogP contribution in [0.5, 0.6) is 5.75 Å². The molecule has 0 amide bonds. The molecular weight excluding hydrogens is 328 g/mol. The molecule has 0 aliphatic heterocycles. The van der Waals surface area contributed by atoms with Crippen molar-refractivity contribution in [2.75, 3.05) is 20.3 Å². The molecule has 0 unspecified atom stereocenters. The predicted octanol–water partition coefficient (Wildman–Crippen LogP) is 4.01. The van der Waals surface area contributed by atoms with Crippen LogP contribution in [-0.4, -0.2) is 30.2 Å². The fourth-order valence-corrected chi connectivity index (χ4v) is 2.98. The van der Waals surface area contributed by atoms with Crippen LogP contribution in [0, 0.1) is 17.0 Å². The SMILES string of the molecule is COCCCOc1ccnc(CSc2ccc([N+](=O)[O-])cc2)c1C. The Morgan fingerprint density at radius 2 is 1.96 bits per heavy atom. The zero-order chi connectivity index (χ0) is 17.4. The van der Waals surface area contributed by atoms with Gasteiger partial charge in [-0.3, -0.25) is 15.1 Å². The van der Waals surface area contributed by atoms with Gasteiger partial charge in [-0.15, -0.1) is 11.8 Å². The third kappa shape index (κ3) is 5.21. The van der Waals surface area contributed by atoms with Crippen LogP contribution >= 0.6 is 11.8 Å². The molecule has 0 saturated heterocycles. The molecule has 0 fully saturated rings. The van der Waals surface area contributed by atoms with Crippen LogP contribution in [-0.2, 0) is 10.5 Å². The summed E-state index contributed by atoms with van der Waals surface area (Å²) in [5.41, 5.74) is 2.06. The van der Waals surface area contributed by atoms with E-state index < -0.39 is 4.92 Å². The van der Waals surface area contributed by atoms with E-state index in [0.717, 1.165) is 28.3 Å². The van der Waals surface area contributed by atoms with E-state index in [9.17, 15) is 10.1 Å². The van der Waals surface area contributed by atoms with Gasteiger partial charge < -0.3 is 9.47 Å². The van der Waals surface area contributed by atoms with Crippen molar-refractivity contribution in [2.24, 2.45) is 0 Å². The van der Waals surface area contributed by atoms with E-state index in [1.54, 1.807) is 37.2 Å². The van der Waals surface area contributed by atoms with Crippen LogP contribution in [0.25, 0.3) is 0 Å². The van der Waals surface area contributed by atoms with Gasteiger partial charge in [-0.1, -0.05) is 0 Å². The second kappa shape index (κ2) is 9.24. The van der Waals surface area contributed by atoms with Crippen molar-refractivity contribution in [1.29, 1.82) is 0 Å². The number of nitro groups is 1. The fourth-order valence-electron chi connectivity index (χ4n) is 2.06. The maximum absolute atomic E-state index is 10.7. The van der Waals surface area contributed by atoms with E-state index in [1.807, 2.05) is 13.0 Å². The maximum atomic E-state index is 10.7. The Labute approximate surface area is 145 Å². The number of nitro benzene ring substituents is 1. The first kappa shape index (κ1) is 18.2. The molecule has 0 radical (unpaired) electrons. The molecule has 7 heteroatoms. The lowest BCUT2D eigenvalue weighted by Crippen LogP contribution is -2.04. The van der Waals surface area contributed by atoms with Crippen LogP contribution < -0.4 is 4.74 Å². The number of hydrogen-bond acceptors (Lipinski definition) is 6. The van der Waals surface area contributed by atoms with Crippen LogP contribution in [0.2, 0.25) is 0 Å². The average molecular weight is 348 g/mol. The molecule has 128 valence electrons. The number of rotatable bonds is 9. The van der Waals surface area contributed by atoms with Gasteiger partial charge in [0.15, 0.2) is 0 Å². The Morgan fingerprint density at radius 1 is 1.21 bits per heavy atom. The van der Waals surface area contributed by atoms with Crippen LogP contribution in [0.15, 0.2) is 41.4 Å². The summed E-state index contributed by atoms with van der Waals surface area (Å²) in [6, 6.07) is 8.39. The highest BCUT2D eigenvalue weighted by Gasteiger charge is 2.09. The highest BCUT2D eigenvalue weighted by atomic mass is 32.2. The van der Waals surface area contributed by atoms with Gasteiger partial charge in [-0.05, 0) is 25.1 Å². The van der Waals surface area contributed by atoms with Gasteiger partial charge in [0, 0.05) is 54.7 Å². The minimum Gasteiger partial charge on any atom is -0.493 e. The first-order valence-corrected chi connectivity index (χ1v) is 8.54. The maximum Gasteiger partial charge on any atom is 0.269 e. The molecular formula is C17H20N2O4S. The lowest BCUT2D eigenvalue weighted by atomic mass is 10.2. The molecule has 6 nitrogen and oxygen atoms in total. The largest absolute Gasteiger partial charge is 0.493 e. The molecule has 1 aromatic heterocycles. The topological polar surface area (TPSA) is 74.5 Å². The number of non-ortho nitro benzene ring substituents is 1. The normalized spacial score (nSPS) is 10.6. The van der Waals surface area contributed by atoms with Gasteiger partial charge in [0.25, 0.3) is 5.69 Å². The molecule has 1 heterocycles. The van der Waals surface area contributed by atoms with E-state index in [-0.39, 0.29) is 5.69 Å². The summed E-state index contributed by atoms with van der Waals surface area (Å²) in [5.74, 6) is 1.51. The van der Waals surface area contributed by atoms with Crippen molar-refractivity contribution in [2.45, 2.75) is 24.0 Å². The zero-order valence-corrected chi connectivity index (χ0v) is 14.5. The second-order valence-electron chi connectivity index (χ2n) is 5.12. The number of hydrogen-bond donors (Lipinski definition) is 0. The minimum absolute atomic E-state index is 0.0973. The molecule has 0 N–H and O–H groups in total. The lowest BCUT2D eigenvalue weighted by Gasteiger charge is -2.12. The summed E-state index contributed by atoms with van der Waals surface area (Å²) in [4.78, 5) is 15.6. The number of thioether (sulfide) groups is 1. The second-order valence-corrected chi connectivity index (χ2v) is 6.16. The molecule has 2 rings (SSSR count). The van der Waals surface area contributed by atoms with E-state index >= 15 is 0 Å². The van der Waals surface area contributed by atoms with Gasteiger partial charge in [0.2, 0.25) is 0 Å². The molecule has 2 aromatic rings. The summed E-state index contributed by atoms with van der Waals surface area (Å²) < 4.78 is 10.8. The Balaban J connectivity index is 1.95. The summed E-state index contributed by atoms with van der Waals surface area (Å²) in [6.07, 6.45) is 2.58. The summed E-state index contributed by atoms with van der Waals surface area (Å²) >= 11 is 1.59. The van der Waals surface area contributed by atoms with Gasteiger partial charge in [-0.2, -0.15) is 0 Å². The zero-order valence-electron chi connectivity index (χ0n) is 13.7. The predicted molar refractivity (Wildman–Crippen MR) is 93.6 cm³/mol. The van der Waals surface area contributed by atoms with Gasteiger partial charge in [-0.25, -0.2) is 0 Å². The number of pyridine rings is 1. The monoisotopic (exact) mass is 348 g/mol.